The van der Waals surface area contributed by atoms with Gasteiger partial charge in [0, 0.05) is 12.1 Å². The Morgan fingerprint density at radius 1 is 1.32 bits per heavy atom. The third-order valence-corrected chi connectivity index (χ3v) is 3.01. The minimum Gasteiger partial charge on any atom is -0.465 e. The second kappa shape index (κ2) is 4.95. The van der Waals surface area contributed by atoms with E-state index in [4.69, 9.17) is 5.11 Å². The fraction of sp³-hybridized carbons (Fsp3) is 0.308. The van der Waals surface area contributed by atoms with E-state index in [2.05, 4.69) is 0 Å². The van der Waals surface area contributed by atoms with E-state index in [0.717, 1.165) is 17.0 Å². The first-order valence-electron chi connectivity index (χ1n) is 5.75. The molecule has 1 aromatic rings. The lowest BCUT2D eigenvalue weighted by Crippen LogP contribution is -2.34. The minimum absolute atomic E-state index is 0.0192. The lowest BCUT2D eigenvalue weighted by molar-refractivity contribution is 0.159. The minimum atomic E-state index is -1.56. The molecule has 0 fully saturated rings. The number of hydrogen-bond donors (Lipinski definition) is 1. The van der Waals surface area contributed by atoms with Gasteiger partial charge < -0.3 is 5.11 Å². The van der Waals surface area contributed by atoms with Crippen molar-refractivity contribution in [2.75, 3.05) is 6.54 Å². The molecule has 1 heterocycles. The average Bonchev–Trinajstić information content (AvgIpc) is 2.35. The fourth-order valence-corrected chi connectivity index (χ4v) is 2.07. The van der Waals surface area contributed by atoms with Gasteiger partial charge in [0.05, 0.1) is 5.70 Å². The van der Waals surface area contributed by atoms with Crippen LogP contribution in [0.15, 0.2) is 18.2 Å². The first-order chi connectivity index (χ1) is 8.90. The van der Waals surface area contributed by atoms with Crippen LogP contribution in [0.2, 0.25) is 0 Å². The van der Waals surface area contributed by atoms with Gasteiger partial charge in [-0.25, -0.2) is 18.0 Å². The number of nitrogens with zero attached hydrogens (tertiary/aromatic N) is 1. The number of carboxylic acid groups (broad SMARTS) is 1. The molecule has 0 saturated heterocycles. The molecule has 1 aliphatic heterocycles. The van der Waals surface area contributed by atoms with Crippen LogP contribution in [0, 0.1) is 23.4 Å². The van der Waals surface area contributed by atoms with Gasteiger partial charge in [-0.3, -0.25) is 4.90 Å². The summed E-state index contributed by atoms with van der Waals surface area (Å²) in [7, 11) is 0. The van der Waals surface area contributed by atoms with Crippen LogP contribution in [0.5, 0.6) is 0 Å². The summed E-state index contributed by atoms with van der Waals surface area (Å²) in [6.07, 6.45) is 0.983. The Morgan fingerprint density at radius 3 is 2.42 bits per heavy atom. The summed E-state index contributed by atoms with van der Waals surface area (Å²) in [5, 5.41) is 9.10. The van der Waals surface area contributed by atoms with Crippen molar-refractivity contribution >= 4 is 11.8 Å². The standard InChI is InChI=1S/C13H12F3NO2/c1-7-2-3-11(17(6-7)13(18)19)8-4-9(14)12(16)10(15)5-8/h3-5,7H,2,6H2,1H3,(H,18,19). The highest BCUT2D eigenvalue weighted by atomic mass is 19.2. The molecule has 1 unspecified atom stereocenters. The highest BCUT2D eigenvalue weighted by Crippen LogP contribution is 2.29. The van der Waals surface area contributed by atoms with Gasteiger partial charge in [-0.1, -0.05) is 13.0 Å². The van der Waals surface area contributed by atoms with Crippen molar-refractivity contribution < 1.29 is 23.1 Å². The summed E-state index contributed by atoms with van der Waals surface area (Å²) in [5.41, 5.74) is 0.203. The number of rotatable bonds is 1. The van der Waals surface area contributed by atoms with Crippen molar-refractivity contribution in [3.8, 4) is 0 Å². The summed E-state index contributed by atoms with van der Waals surface area (Å²) in [5.74, 6) is -4.11. The Morgan fingerprint density at radius 2 is 1.89 bits per heavy atom. The largest absolute Gasteiger partial charge is 0.465 e. The third-order valence-electron chi connectivity index (χ3n) is 3.01. The van der Waals surface area contributed by atoms with Crippen LogP contribution in [-0.2, 0) is 0 Å². The zero-order valence-electron chi connectivity index (χ0n) is 10.2. The van der Waals surface area contributed by atoms with E-state index >= 15 is 0 Å². The van der Waals surface area contributed by atoms with Crippen LogP contribution in [0.25, 0.3) is 5.70 Å². The average molecular weight is 271 g/mol. The van der Waals surface area contributed by atoms with Crippen molar-refractivity contribution in [1.82, 2.24) is 4.90 Å². The third kappa shape index (κ3) is 2.57. The summed E-state index contributed by atoms with van der Waals surface area (Å²) in [4.78, 5) is 12.2. The van der Waals surface area contributed by atoms with Gasteiger partial charge in [0.25, 0.3) is 0 Å². The van der Waals surface area contributed by atoms with Gasteiger partial charge in [-0.05, 0) is 24.5 Å². The van der Waals surface area contributed by atoms with E-state index in [-0.39, 0.29) is 23.7 Å². The number of halogens is 3. The zero-order valence-corrected chi connectivity index (χ0v) is 10.2. The van der Waals surface area contributed by atoms with Gasteiger partial charge >= 0.3 is 6.09 Å². The van der Waals surface area contributed by atoms with Crippen LogP contribution < -0.4 is 0 Å². The maximum atomic E-state index is 13.2. The molecule has 19 heavy (non-hydrogen) atoms. The van der Waals surface area contributed by atoms with Crippen LogP contribution in [0.3, 0.4) is 0 Å². The normalized spacial score (nSPS) is 19.3. The zero-order chi connectivity index (χ0) is 14.2. The molecule has 0 saturated carbocycles. The molecular weight excluding hydrogens is 259 g/mol. The van der Waals surface area contributed by atoms with Crippen LogP contribution in [0.4, 0.5) is 18.0 Å². The van der Waals surface area contributed by atoms with Crippen LogP contribution >= 0.6 is 0 Å². The molecule has 3 nitrogen and oxygen atoms in total. The molecule has 1 atom stereocenters. The summed E-state index contributed by atoms with van der Waals surface area (Å²) in [6, 6.07) is 1.60. The van der Waals surface area contributed by atoms with Gasteiger partial charge in [-0.2, -0.15) is 0 Å². The molecular formula is C13H12F3NO2. The molecule has 0 radical (unpaired) electrons. The molecule has 0 aromatic heterocycles. The second-order valence-electron chi connectivity index (χ2n) is 4.58. The topological polar surface area (TPSA) is 40.5 Å². The van der Waals surface area contributed by atoms with Gasteiger partial charge in [0.2, 0.25) is 0 Å². The molecule has 1 aromatic carbocycles. The highest BCUT2D eigenvalue weighted by Gasteiger charge is 2.26. The van der Waals surface area contributed by atoms with E-state index < -0.39 is 23.5 Å². The molecule has 2 rings (SSSR count). The quantitative estimate of drug-likeness (QED) is 0.794. The predicted octanol–water partition coefficient (Wildman–Crippen LogP) is 3.46. The van der Waals surface area contributed by atoms with E-state index in [0.29, 0.717) is 6.42 Å². The van der Waals surface area contributed by atoms with Crippen LogP contribution in [-0.4, -0.2) is 22.6 Å². The molecule has 1 N–H and O–H groups in total. The van der Waals surface area contributed by atoms with Crippen molar-refractivity contribution in [1.29, 1.82) is 0 Å². The number of amides is 1. The van der Waals surface area contributed by atoms with E-state index in [1.54, 1.807) is 6.08 Å². The molecule has 1 aliphatic rings. The van der Waals surface area contributed by atoms with E-state index in [9.17, 15) is 18.0 Å². The Balaban J connectivity index is 2.47. The highest BCUT2D eigenvalue weighted by molar-refractivity contribution is 5.81. The summed E-state index contributed by atoms with van der Waals surface area (Å²) < 4.78 is 39.3. The Bertz CT molecular complexity index is 534. The molecule has 0 bridgehead atoms. The maximum absolute atomic E-state index is 13.2. The van der Waals surface area contributed by atoms with Crippen molar-refractivity contribution in [3.05, 3.63) is 41.2 Å². The first-order valence-corrected chi connectivity index (χ1v) is 5.75. The van der Waals surface area contributed by atoms with Crippen molar-refractivity contribution in [2.45, 2.75) is 13.3 Å². The van der Waals surface area contributed by atoms with E-state index in [1.807, 2.05) is 6.92 Å². The SMILES string of the molecule is CC1CC=C(c2cc(F)c(F)c(F)c2)N(C(=O)O)C1. The number of allylic oxidation sites excluding steroid dienone is 1. The Hall–Kier alpha value is -1.98. The number of carbonyl (C=O) groups is 1. The smallest absolute Gasteiger partial charge is 0.411 e. The van der Waals surface area contributed by atoms with Crippen molar-refractivity contribution in [3.63, 3.8) is 0 Å². The monoisotopic (exact) mass is 271 g/mol. The molecule has 6 heteroatoms. The Labute approximate surface area is 108 Å². The summed E-state index contributed by atoms with van der Waals surface area (Å²) >= 11 is 0. The van der Waals surface area contributed by atoms with Gasteiger partial charge in [0.1, 0.15) is 0 Å². The van der Waals surface area contributed by atoms with E-state index in [1.165, 1.54) is 0 Å². The second-order valence-corrected chi connectivity index (χ2v) is 4.58. The van der Waals surface area contributed by atoms with Crippen molar-refractivity contribution in [2.24, 2.45) is 5.92 Å². The molecule has 102 valence electrons. The molecule has 1 amide bonds. The van der Waals surface area contributed by atoms with Crippen LogP contribution in [0.1, 0.15) is 18.9 Å². The van der Waals surface area contributed by atoms with Gasteiger partial charge in [-0.15, -0.1) is 0 Å². The molecule has 0 spiro atoms. The lowest BCUT2D eigenvalue weighted by atomic mass is 9.98. The predicted molar refractivity (Wildman–Crippen MR) is 62.8 cm³/mol. The van der Waals surface area contributed by atoms with Gasteiger partial charge in [0.15, 0.2) is 17.5 Å². The first kappa shape index (κ1) is 13.5. The lowest BCUT2D eigenvalue weighted by Gasteiger charge is -2.30. The number of benzene rings is 1. The maximum Gasteiger partial charge on any atom is 0.411 e. The fourth-order valence-electron chi connectivity index (χ4n) is 2.07. The Kier molecular flexibility index (Phi) is 3.50. The molecule has 0 aliphatic carbocycles. The number of hydrogen-bond acceptors (Lipinski definition) is 1. The summed E-state index contributed by atoms with van der Waals surface area (Å²) in [6.45, 7) is 2.11.